The van der Waals surface area contributed by atoms with Crippen molar-refractivity contribution in [2.75, 3.05) is 5.32 Å². The summed E-state index contributed by atoms with van der Waals surface area (Å²) >= 11 is 7.67. The van der Waals surface area contributed by atoms with Crippen molar-refractivity contribution in [1.29, 1.82) is 0 Å². The van der Waals surface area contributed by atoms with Crippen molar-refractivity contribution in [2.45, 2.75) is 36.7 Å². The topological polar surface area (TPSA) is 24.1 Å². The molecule has 1 unspecified atom stereocenters. The van der Waals surface area contributed by atoms with E-state index in [1.807, 2.05) is 12.1 Å². The lowest BCUT2D eigenvalue weighted by molar-refractivity contribution is 0.443. The molecule has 1 atom stereocenters. The third kappa shape index (κ3) is 2.04. The van der Waals surface area contributed by atoms with E-state index in [1.165, 1.54) is 36.3 Å². The quantitative estimate of drug-likeness (QED) is 0.744. The van der Waals surface area contributed by atoms with Crippen molar-refractivity contribution in [3.05, 3.63) is 23.2 Å². The van der Waals surface area contributed by atoms with Crippen LogP contribution >= 0.6 is 23.5 Å². The Balaban J connectivity index is 1.78. The lowest BCUT2D eigenvalue weighted by Gasteiger charge is -2.31. The Kier molecular flexibility index (Phi) is 3.01. The number of halogens is 1. The van der Waals surface area contributed by atoms with Gasteiger partial charge >= 0.3 is 0 Å². The molecule has 1 aliphatic carbocycles. The number of fused-ring (bicyclic) bond motifs is 1. The first-order valence-corrected chi connectivity index (χ1v) is 7.01. The molecular weight excluding hydrogens is 240 g/mol. The molecular formula is C12H15ClN2S. The monoisotopic (exact) mass is 254 g/mol. The van der Waals surface area contributed by atoms with Crippen LogP contribution in [0.1, 0.15) is 25.7 Å². The lowest BCUT2D eigenvalue weighted by Crippen LogP contribution is -2.40. The summed E-state index contributed by atoms with van der Waals surface area (Å²) in [6, 6.07) is 6.03. The third-order valence-corrected chi connectivity index (χ3v) is 4.59. The van der Waals surface area contributed by atoms with Crippen molar-refractivity contribution < 1.29 is 0 Å². The Morgan fingerprint density at radius 2 is 2.06 bits per heavy atom. The average Bonchev–Trinajstić information content (AvgIpc) is 2.82. The summed E-state index contributed by atoms with van der Waals surface area (Å²) in [7, 11) is 0. The van der Waals surface area contributed by atoms with Crippen molar-refractivity contribution in [2.24, 2.45) is 5.92 Å². The van der Waals surface area contributed by atoms with Gasteiger partial charge in [0, 0.05) is 9.92 Å². The molecule has 0 bridgehead atoms. The molecule has 1 saturated carbocycles. The number of benzene rings is 1. The molecule has 1 aliphatic heterocycles. The van der Waals surface area contributed by atoms with Gasteiger partial charge in [0.2, 0.25) is 0 Å². The van der Waals surface area contributed by atoms with Gasteiger partial charge in [-0.15, -0.1) is 0 Å². The van der Waals surface area contributed by atoms with Crippen molar-refractivity contribution in [1.82, 2.24) is 4.72 Å². The molecule has 0 saturated heterocycles. The molecule has 16 heavy (non-hydrogen) atoms. The molecule has 2 nitrogen and oxygen atoms in total. The van der Waals surface area contributed by atoms with Crippen molar-refractivity contribution >= 4 is 29.2 Å². The van der Waals surface area contributed by atoms with Crippen LogP contribution in [0.4, 0.5) is 5.69 Å². The Morgan fingerprint density at radius 1 is 1.25 bits per heavy atom. The summed E-state index contributed by atoms with van der Waals surface area (Å²) < 4.78 is 3.49. The molecule has 1 fully saturated rings. The van der Waals surface area contributed by atoms with Crippen LogP contribution in [0.3, 0.4) is 0 Å². The second-order valence-corrected chi connectivity index (χ2v) is 5.84. The van der Waals surface area contributed by atoms with E-state index in [4.69, 9.17) is 11.6 Å². The minimum Gasteiger partial charge on any atom is -0.368 e. The van der Waals surface area contributed by atoms with Crippen LogP contribution in [0.25, 0.3) is 0 Å². The Hall–Kier alpha value is -0.380. The molecule has 0 radical (unpaired) electrons. The molecule has 2 aliphatic rings. The maximum Gasteiger partial charge on any atom is 0.0891 e. The summed E-state index contributed by atoms with van der Waals surface area (Å²) in [6.45, 7) is 0. The molecule has 0 spiro atoms. The number of nitrogens with one attached hydrogen (secondary N) is 2. The maximum atomic E-state index is 5.97. The summed E-state index contributed by atoms with van der Waals surface area (Å²) in [5.41, 5.74) is 1.21. The highest BCUT2D eigenvalue weighted by atomic mass is 35.5. The molecule has 0 aromatic heterocycles. The van der Waals surface area contributed by atoms with Gasteiger partial charge in [-0.3, -0.25) is 0 Å². The Bertz CT molecular complexity index is 391. The predicted molar refractivity (Wildman–Crippen MR) is 69.8 cm³/mol. The second-order valence-electron chi connectivity index (χ2n) is 4.53. The normalized spacial score (nSPS) is 25.2. The van der Waals surface area contributed by atoms with Gasteiger partial charge in [-0.2, -0.15) is 0 Å². The zero-order chi connectivity index (χ0) is 11.0. The summed E-state index contributed by atoms with van der Waals surface area (Å²) in [4.78, 5) is 1.20. The van der Waals surface area contributed by atoms with E-state index in [2.05, 4.69) is 16.1 Å². The lowest BCUT2D eigenvalue weighted by atomic mass is 10.0. The van der Waals surface area contributed by atoms with Crippen LogP contribution < -0.4 is 10.0 Å². The fourth-order valence-corrected chi connectivity index (χ4v) is 3.69. The van der Waals surface area contributed by atoms with Crippen LogP contribution in [0.15, 0.2) is 23.1 Å². The third-order valence-electron chi connectivity index (χ3n) is 3.42. The summed E-state index contributed by atoms with van der Waals surface area (Å²) in [5, 5.41) is 4.38. The van der Waals surface area contributed by atoms with E-state index < -0.39 is 0 Å². The first-order valence-electron chi connectivity index (χ1n) is 5.81. The highest BCUT2D eigenvalue weighted by Crippen LogP contribution is 2.37. The fourth-order valence-electron chi connectivity index (χ4n) is 2.53. The van der Waals surface area contributed by atoms with Gasteiger partial charge in [0.15, 0.2) is 0 Å². The van der Waals surface area contributed by atoms with E-state index in [1.54, 1.807) is 11.9 Å². The molecule has 4 heteroatoms. The average molecular weight is 255 g/mol. The summed E-state index contributed by atoms with van der Waals surface area (Å²) in [6.07, 6.45) is 5.86. The Labute approximate surface area is 105 Å². The smallest absolute Gasteiger partial charge is 0.0891 e. The first kappa shape index (κ1) is 10.8. The van der Waals surface area contributed by atoms with Crippen LogP contribution in [-0.4, -0.2) is 6.17 Å². The van der Waals surface area contributed by atoms with Gasteiger partial charge < -0.3 is 5.32 Å². The zero-order valence-corrected chi connectivity index (χ0v) is 10.6. The highest BCUT2D eigenvalue weighted by Gasteiger charge is 2.28. The molecule has 3 rings (SSSR count). The number of rotatable bonds is 1. The van der Waals surface area contributed by atoms with E-state index >= 15 is 0 Å². The highest BCUT2D eigenvalue weighted by molar-refractivity contribution is 7.97. The predicted octanol–water partition coefficient (Wildman–Crippen LogP) is 3.88. The zero-order valence-electron chi connectivity index (χ0n) is 9.00. The fraction of sp³-hybridized carbons (Fsp3) is 0.500. The SMILES string of the molecule is Clc1ccc2c(c1)SNC(C1CCCC1)N2. The minimum absolute atomic E-state index is 0.418. The van der Waals surface area contributed by atoms with Crippen LogP contribution in [0.5, 0.6) is 0 Å². The molecule has 86 valence electrons. The van der Waals surface area contributed by atoms with Crippen molar-refractivity contribution in [3.63, 3.8) is 0 Å². The van der Waals surface area contributed by atoms with Gasteiger partial charge in [-0.05, 0) is 48.9 Å². The second kappa shape index (κ2) is 4.47. The standard InChI is InChI=1S/C12H15ClN2S/c13-9-5-6-10-11(7-9)16-15-12(14-10)8-3-1-2-4-8/h5-8,12,14-15H,1-4H2. The van der Waals surface area contributed by atoms with Gasteiger partial charge in [-0.25, -0.2) is 4.72 Å². The summed E-state index contributed by atoms with van der Waals surface area (Å²) in [5.74, 6) is 0.774. The number of hydrogen-bond donors (Lipinski definition) is 2. The van der Waals surface area contributed by atoms with E-state index in [9.17, 15) is 0 Å². The molecule has 1 heterocycles. The molecule has 1 aromatic rings. The van der Waals surface area contributed by atoms with Crippen LogP contribution in [-0.2, 0) is 0 Å². The molecule has 1 aromatic carbocycles. The number of hydrogen-bond acceptors (Lipinski definition) is 3. The van der Waals surface area contributed by atoms with Crippen molar-refractivity contribution in [3.8, 4) is 0 Å². The van der Waals surface area contributed by atoms with E-state index in [-0.39, 0.29) is 0 Å². The largest absolute Gasteiger partial charge is 0.368 e. The minimum atomic E-state index is 0.418. The van der Waals surface area contributed by atoms with Gasteiger partial charge in [0.25, 0.3) is 0 Å². The van der Waals surface area contributed by atoms with Crippen LogP contribution in [0.2, 0.25) is 5.02 Å². The number of anilines is 1. The molecule has 2 N–H and O–H groups in total. The maximum absolute atomic E-state index is 5.97. The first-order chi connectivity index (χ1) is 7.83. The van der Waals surface area contributed by atoms with Gasteiger partial charge in [0.1, 0.15) is 0 Å². The van der Waals surface area contributed by atoms with Crippen LogP contribution in [0, 0.1) is 5.92 Å². The van der Waals surface area contributed by atoms with E-state index in [0.717, 1.165) is 10.9 Å². The van der Waals surface area contributed by atoms with Gasteiger partial charge in [-0.1, -0.05) is 24.4 Å². The molecule has 0 amide bonds. The van der Waals surface area contributed by atoms with Gasteiger partial charge in [0.05, 0.1) is 11.9 Å². The van der Waals surface area contributed by atoms with E-state index in [0.29, 0.717) is 6.17 Å². The Morgan fingerprint density at radius 3 is 2.88 bits per heavy atom.